The Kier molecular flexibility index (Phi) is 6.94. The Hall–Kier alpha value is -0.700. The monoisotopic (exact) mass is 215 g/mol. The molecule has 60 valence electrons. The molecule has 3 heteroatoms. The Morgan fingerprint density at radius 3 is 2.45 bits per heavy atom. The van der Waals surface area contributed by atoms with Gasteiger partial charge in [0.15, 0.2) is 0 Å². The molecule has 1 rings (SSSR count). The number of carbonyl (C=O) groups is 1. The molecule has 0 aliphatic carbocycles. The predicted octanol–water partition coefficient (Wildman–Crippen LogP) is 2.44. The fourth-order valence-corrected chi connectivity index (χ4v) is 0.613. The predicted molar refractivity (Wildman–Crippen MR) is 48.3 cm³/mol. The highest BCUT2D eigenvalue weighted by Crippen LogP contribution is 2.00. The second-order valence-electron chi connectivity index (χ2n) is 1.73. The number of carbonyl (C=O) groups excluding carboxylic acids is 1. The Morgan fingerprint density at radius 1 is 1.64 bits per heavy atom. The van der Waals surface area contributed by atoms with Gasteiger partial charge in [-0.05, 0) is 28.1 Å². The molecule has 0 amide bonds. The van der Waals surface area contributed by atoms with Gasteiger partial charge in [0, 0.05) is 12.6 Å². The van der Waals surface area contributed by atoms with E-state index in [1.54, 1.807) is 6.20 Å². The van der Waals surface area contributed by atoms with Crippen LogP contribution >= 0.6 is 15.9 Å². The molecular weight excluding hydrogens is 206 g/mol. The van der Waals surface area contributed by atoms with Crippen LogP contribution in [0.25, 0.3) is 0 Å². The van der Waals surface area contributed by atoms with Gasteiger partial charge in [-0.15, -0.1) is 0 Å². The van der Waals surface area contributed by atoms with Crippen molar-refractivity contribution in [3.05, 3.63) is 29.0 Å². The average Bonchev–Trinajstić information content (AvgIpc) is 2.07. The van der Waals surface area contributed by atoms with E-state index in [-0.39, 0.29) is 0 Å². The SMILES string of the molecule is Brc1ccccn1.CCC=O. The van der Waals surface area contributed by atoms with Crippen molar-refractivity contribution in [3.63, 3.8) is 0 Å². The van der Waals surface area contributed by atoms with Gasteiger partial charge in [-0.2, -0.15) is 0 Å². The summed E-state index contributed by atoms with van der Waals surface area (Å²) >= 11 is 3.20. The third-order valence-corrected chi connectivity index (χ3v) is 1.26. The molecule has 1 aromatic rings. The van der Waals surface area contributed by atoms with E-state index in [0.29, 0.717) is 6.42 Å². The lowest BCUT2D eigenvalue weighted by atomic mass is 10.5. The van der Waals surface area contributed by atoms with E-state index < -0.39 is 0 Å². The Balaban J connectivity index is 0.000000218. The molecule has 0 saturated heterocycles. The van der Waals surface area contributed by atoms with Crippen molar-refractivity contribution in [2.24, 2.45) is 0 Å². The minimum atomic E-state index is 0.639. The summed E-state index contributed by atoms with van der Waals surface area (Å²) in [6.45, 7) is 1.81. The lowest BCUT2D eigenvalue weighted by Gasteiger charge is -1.80. The van der Waals surface area contributed by atoms with Gasteiger partial charge in [0.25, 0.3) is 0 Å². The molecule has 2 nitrogen and oxygen atoms in total. The highest BCUT2D eigenvalue weighted by molar-refractivity contribution is 9.10. The zero-order valence-electron chi connectivity index (χ0n) is 6.33. The van der Waals surface area contributed by atoms with Gasteiger partial charge in [0.2, 0.25) is 0 Å². The normalized spacial score (nSPS) is 7.82. The third-order valence-electron chi connectivity index (χ3n) is 0.795. The number of aldehydes is 1. The maximum Gasteiger partial charge on any atom is 0.119 e. The lowest BCUT2D eigenvalue weighted by Crippen LogP contribution is -1.66. The molecule has 1 heterocycles. The second-order valence-corrected chi connectivity index (χ2v) is 2.54. The number of hydrogen-bond donors (Lipinski definition) is 0. The van der Waals surface area contributed by atoms with Crippen LogP contribution < -0.4 is 0 Å². The van der Waals surface area contributed by atoms with Crippen molar-refractivity contribution in [1.29, 1.82) is 0 Å². The molecule has 0 aliphatic heterocycles. The molecule has 0 radical (unpaired) electrons. The van der Waals surface area contributed by atoms with Crippen LogP contribution in [0, 0.1) is 0 Å². The minimum Gasteiger partial charge on any atom is -0.303 e. The van der Waals surface area contributed by atoms with Gasteiger partial charge in [0.05, 0.1) is 0 Å². The van der Waals surface area contributed by atoms with Gasteiger partial charge >= 0.3 is 0 Å². The van der Waals surface area contributed by atoms with Gasteiger partial charge in [-0.25, -0.2) is 4.98 Å². The summed E-state index contributed by atoms with van der Waals surface area (Å²) in [7, 11) is 0. The first-order valence-corrected chi connectivity index (χ1v) is 4.10. The number of hydrogen-bond acceptors (Lipinski definition) is 2. The molecule has 1 aromatic heterocycles. The van der Waals surface area contributed by atoms with Crippen LogP contribution in [-0.4, -0.2) is 11.3 Å². The molecule has 0 saturated carbocycles. The van der Waals surface area contributed by atoms with Crippen molar-refractivity contribution in [1.82, 2.24) is 4.98 Å². The topological polar surface area (TPSA) is 30.0 Å². The number of pyridine rings is 1. The van der Waals surface area contributed by atoms with Gasteiger partial charge in [-0.1, -0.05) is 13.0 Å². The fourth-order valence-electron chi connectivity index (χ4n) is 0.342. The summed E-state index contributed by atoms with van der Waals surface area (Å²) < 4.78 is 0.884. The van der Waals surface area contributed by atoms with Crippen LogP contribution in [0.15, 0.2) is 29.0 Å². The van der Waals surface area contributed by atoms with E-state index in [4.69, 9.17) is 0 Å². The van der Waals surface area contributed by atoms with Crippen molar-refractivity contribution in [2.75, 3.05) is 0 Å². The zero-order valence-corrected chi connectivity index (χ0v) is 7.91. The summed E-state index contributed by atoms with van der Waals surface area (Å²) in [5.74, 6) is 0. The standard InChI is InChI=1S/C5H4BrN.C3H6O/c6-5-3-1-2-4-7-5;1-2-3-4/h1-4H;3H,2H2,1H3. The van der Waals surface area contributed by atoms with E-state index in [1.807, 2.05) is 25.1 Å². The van der Waals surface area contributed by atoms with E-state index >= 15 is 0 Å². The average molecular weight is 216 g/mol. The van der Waals surface area contributed by atoms with E-state index in [1.165, 1.54) is 0 Å². The quantitative estimate of drug-likeness (QED) is 0.533. The summed E-state index contributed by atoms with van der Waals surface area (Å²) in [6, 6.07) is 5.70. The minimum absolute atomic E-state index is 0.639. The molecule has 0 aliphatic rings. The molecule has 0 N–H and O–H groups in total. The molecular formula is C8H10BrNO. The van der Waals surface area contributed by atoms with Crippen LogP contribution in [-0.2, 0) is 4.79 Å². The smallest absolute Gasteiger partial charge is 0.119 e. The van der Waals surface area contributed by atoms with Gasteiger partial charge < -0.3 is 4.79 Å². The summed E-state index contributed by atoms with van der Waals surface area (Å²) in [5, 5.41) is 0. The highest BCUT2D eigenvalue weighted by atomic mass is 79.9. The summed E-state index contributed by atoms with van der Waals surface area (Å²) in [4.78, 5) is 13.1. The maximum absolute atomic E-state index is 9.17. The fraction of sp³-hybridized carbons (Fsp3) is 0.250. The number of aromatic nitrogens is 1. The van der Waals surface area contributed by atoms with Crippen LogP contribution in [0.5, 0.6) is 0 Å². The molecule has 0 unspecified atom stereocenters. The first-order valence-electron chi connectivity index (χ1n) is 3.31. The van der Waals surface area contributed by atoms with E-state index in [2.05, 4.69) is 20.9 Å². The molecule has 0 aromatic carbocycles. The first kappa shape index (κ1) is 10.3. The Bertz CT molecular complexity index is 189. The molecule has 11 heavy (non-hydrogen) atoms. The number of halogens is 1. The molecule has 0 spiro atoms. The van der Waals surface area contributed by atoms with Crippen molar-refractivity contribution in [3.8, 4) is 0 Å². The van der Waals surface area contributed by atoms with E-state index in [9.17, 15) is 4.79 Å². The van der Waals surface area contributed by atoms with Crippen LogP contribution in [0.1, 0.15) is 13.3 Å². The van der Waals surface area contributed by atoms with Crippen LogP contribution in [0.2, 0.25) is 0 Å². The Labute approximate surface area is 74.8 Å². The van der Waals surface area contributed by atoms with Crippen LogP contribution in [0.4, 0.5) is 0 Å². The summed E-state index contributed by atoms with van der Waals surface area (Å²) in [6.07, 6.45) is 3.25. The molecule has 0 atom stereocenters. The first-order chi connectivity index (χ1) is 5.31. The van der Waals surface area contributed by atoms with Crippen molar-refractivity contribution >= 4 is 22.2 Å². The second kappa shape index (κ2) is 7.41. The van der Waals surface area contributed by atoms with Crippen molar-refractivity contribution in [2.45, 2.75) is 13.3 Å². The maximum atomic E-state index is 9.17. The van der Waals surface area contributed by atoms with Crippen molar-refractivity contribution < 1.29 is 4.79 Å². The third kappa shape index (κ3) is 7.19. The van der Waals surface area contributed by atoms with Gasteiger partial charge in [0.1, 0.15) is 10.9 Å². The highest BCUT2D eigenvalue weighted by Gasteiger charge is 1.75. The van der Waals surface area contributed by atoms with Crippen LogP contribution in [0.3, 0.4) is 0 Å². The largest absolute Gasteiger partial charge is 0.303 e. The Morgan fingerprint density at radius 2 is 2.27 bits per heavy atom. The number of nitrogens with zero attached hydrogens (tertiary/aromatic N) is 1. The molecule has 0 bridgehead atoms. The zero-order chi connectivity index (χ0) is 8.53. The number of rotatable bonds is 1. The van der Waals surface area contributed by atoms with Gasteiger partial charge in [-0.3, -0.25) is 0 Å². The lowest BCUT2D eigenvalue weighted by molar-refractivity contribution is -0.107. The van der Waals surface area contributed by atoms with E-state index in [0.717, 1.165) is 10.9 Å². The molecule has 0 fully saturated rings. The summed E-state index contributed by atoms with van der Waals surface area (Å²) in [5.41, 5.74) is 0.